The van der Waals surface area contributed by atoms with E-state index in [-0.39, 0.29) is 11.9 Å². The maximum absolute atomic E-state index is 9.82. The Hall–Kier alpha value is -1.64. The number of hydrogen-bond donors (Lipinski definition) is 1. The molecule has 3 rings (SSSR count). The molecule has 0 spiro atoms. The lowest BCUT2D eigenvalue weighted by Gasteiger charge is -2.09. The number of benzene rings is 1. The Bertz CT molecular complexity index is 451. The van der Waals surface area contributed by atoms with Gasteiger partial charge in [-0.1, -0.05) is 6.08 Å². The van der Waals surface area contributed by atoms with Gasteiger partial charge < -0.3 is 14.6 Å². The van der Waals surface area contributed by atoms with Crippen LogP contribution in [0.2, 0.25) is 0 Å². The molecule has 0 aromatic heterocycles. The SMILES string of the molecule is CCOc1cc2c(cc1O)[C@@H]1CC=C[C@@H]1O2. The Balaban J connectivity index is 2.00. The van der Waals surface area contributed by atoms with Crippen LogP contribution in [0.25, 0.3) is 0 Å². The van der Waals surface area contributed by atoms with Crippen molar-refractivity contribution in [1.82, 2.24) is 0 Å². The van der Waals surface area contributed by atoms with Crippen LogP contribution in [0.3, 0.4) is 0 Å². The summed E-state index contributed by atoms with van der Waals surface area (Å²) < 4.78 is 11.1. The molecule has 1 aliphatic heterocycles. The largest absolute Gasteiger partial charge is 0.504 e. The maximum atomic E-state index is 9.82. The molecule has 0 radical (unpaired) electrons. The van der Waals surface area contributed by atoms with Crippen molar-refractivity contribution >= 4 is 0 Å². The van der Waals surface area contributed by atoms with E-state index in [1.807, 2.05) is 6.92 Å². The smallest absolute Gasteiger partial charge is 0.164 e. The van der Waals surface area contributed by atoms with Crippen LogP contribution < -0.4 is 9.47 Å². The molecule has 1 N–H and O–H groups in total. The van der Waals surface area contributed by atoms with E-state index in [4.69, 9.17) is 9.47 Å². The Labute approximate surface area is 94.3 Å². The average molecular weight is 218 g/mol. The molecule has 0 bridgehead atoms. The summed E-state index contributed by atoms with van der Waals surface area (Å²) in [6.45, 7) is 2.43. The predicted octanol–water partition coefficient (Wildman–Crippen LogP) is 2.60. The second-order valence-corrected chi connectivity index (χ2v) is 4.14. The van der Waals surface area contributed by atoms with Crippen LogP contribution >= 0.6 is 0 Å². The highest BCUT2D eigenvalue weighted by molar-refractivity contribution is 5.54. The van der Waals surface area contributed by atoms with Crippen molar-refractivity contribution in [1.29, 1.82) is 0 Å². The molecule has 84 valence electrons. The van der Waals surface area contributed by atoms with Gasteiger partial charge in [0, 0.05) is 17.5 Å². The van der Waals surface area contributed by atoms with Gasteiger partial charge in [-0.2, -0.15) is 0 Å². The van der Waals surface area contributed by atoms with Crippen LogP contribution in [0.1, 0.15) is 24.8 Å². The molecule has 16 heavy (non-hydrogen) atoms. The number of allylic oxidation sites excluding steroid dienone is 1. The minimum absolute atomic E-state index is 0.145. The van der Waals surface area contributed by atoms with Crippen LogP contribution in [0, 0.1) is 0 Å². The molecule has 0 saturated heterocycles. The minimum Gasteiger partial charge on any atom is -0.504 e. The molecule has 1 heterocycles. The summed E-state index contributed by atoms with van der Waals surface area (Å²) in [6, 6.07) is 3.57. The molecule has 2 aliphatic rings. The first-order valence-corrected chi connectivity index (χ1v) is 5.62. The first-order chi connectivity index (χ1) is 7.79. The van der Waals surface area contributed by atoms with Gasteiger partial charge in [-0.15, -0.1) is 0 Å². The van der Waals surface area contributed by atoms with E-state index in [9.17, 15) is 5.11 Å². The zero-order valence-electron chi connectivity index (χ0n) is 9.14. The van der Waals surface area contributed by atoms with Crippen molar-refractivity contribution in [2.24, 2.45) is 0 Å². The Morgan fingerprint density at radius 3 is 3.19 bits per heavy atom. The summed E-state index contributed by atoms with van der Waals surface area (Å²) in [4.78, 5) is 0. The van der Waals surface area contributed by atoms with Crippen LogP contribution in [0.15, 0.2) is 24.3 Å². The fourth-order valence-electron chi connectivity index (χ4n) is 2.43. The highest BCUT2D eigenvalue weighted by atomic mass is 16.5. The van der Waals surface area contributed by atoms with E-state index >= 15 is 0 Å². The van der Waals surface area contributed by atoms with Crippen molar-refractivity contribution in [2.45, 2.75) is 25.4 Å². The number of phenols is 1. The molecule has 1 aromatic rings. The zero-order chi connectivity index (χ0) is 11.1. The number of rotatable bonds is 2. The summed E-state index contributed by atoms with van der Waals surface area (Å²) in [5.74, 6) is 1.93. The van der Waals surface area contributed by atoms with E-state index in [0.717, 1.165) is 17.7 Å². The third-order valence-corrected chi connectivity index (χ3v) is 3.17. The molecule has 0 fully saturated rings. The first kappa shape index (κ1) is 9.58. The monoisotopic (exact) mass is 218 g/mol. The minimum atomic E-state index is 0.145. The van der Waals surface area contributed by atoms with Gasteiger partial charge in [0.05, 0.1) is 6.61 Å². The highest BCUT2D eigenvalue weighted by Crippen LogP contribution is 2.47. The fraction of sp³-hybridized carbons (Fsp3) is 0.385. The normalized spacial score (nSPS) is 25.1. The molecule has 1 aromatic carbocycles. The fourth-order valence-corrected chi connectivity index (χ4v) is 2.43. The zero-order valence-corrected chi connectivity index (χ0v) is 9.14. The summed E-state index contributed by atoms with van der Waals surface area (Å²) in [5.41, 5.74) is 1.09. The lowest BCUT2D eigenvalue weighted by atomic mass is 9.96. The van der Waals surface area contributed by atoms with Crippen molar-refractivity contribution in [3.8, 4) is 17.2 Å². The van der Waals surface area contributed by atoms with Gasteiger partial charge in [-0.25, -0.2) is 0 Å². The molecule has 3 heteroatoms. The molecule has 1 aliphatic carbocycles. The van der Waals surface area contributed by atoms with E-state index in [2.05, 4.69) is 12.2 Å². The molecule has 0 amide bonds. The van der Waals surface area contributed by atoms with Gasteiger partial charge in [-0.3, -0.25) is 0 Å². The van der Waals surface area contributed by atoms with Crippen LogP contribution in [0.5, 0.6) is 17.2 Å². The molecular formula is C13H14O3. The average Bonchev–Trinajstić information content (AvgIpc) is 2.80. The second-order valence-electron chi connectivity index (χ2n) is 4.14. The van der Waals surface area contributed by atoms with E-state index in [0.29, 0.717) is 18.3 Å². The Morgan fingerprint density at radius 1 is 1.50 bits per heavy atom. The summed E-state index contributed by atoms with van der Waals surface area (Å²) in [6.07, 6.45) is 5.35. The van der Waals surface area contributed by atoms with E-state index in [1.165, 1.54) is 0 Å². The standard InChI is InChI=1S/C13H14O3/c1-2-15-13-7-12-9(6-10(13)14)8-4-3-5-11(8)16-12/h3,5-8,11,14H,2,4H2,1H3/t8-,11-/m0/s1. The van der Waals surface area contributed by atoms with Gasteiger partial charge in [0.2, 0.25) is 0 Å². The number of hydrogen-bond acceptors (Lipinski definition) is 3. The lowest BCUT2D eigenvalue weighted by Crippen LogP contribution is -2.10. The molecule has 0 saturated carbocycles. The second kappa shape index (κ2) is 3.44. The Morgan fingerprint density at radius 2 is 2.38 bits per heavy atom. The maximum Gasteiger partial charge on any atom is 0.164 e. The quantitative estimate of drug-likeness (QED) is 0.775. The van der Waals surface area contributed by atoms with Crippen LogP contribution in [0.4, 0.5) is 0 Å². The van der Waals surface area contributed by atoms with E-state index < -0.39 is 0 Å². The first-order valence-electron chi connectivity index (χ1n) is 5.62. The highest BCUT2D eigenvalue weighted by Gasteiger charge is 2.35. The van der Waals surface area contributed by atoms with Crippen LogP contribution in [-0.2, 0) is 0 Å². The van der Waals surface area contributed by atoms with Crippen molar-refractivity contribution in [3.63, 3.8) is 0 Å². The van der Waals surface area contributed by atoms with Gasteiger partial charge in [0.25, 0.3) is 0 Å². The number of phenolic OH excluding ortho intramolecular Hbond substituents is 1. The number of ether oxygens (including phenoxy) is 2. The van der Waals surface area contributed by atoms with Gasteiger partial charge in [0.15, 0.2) is 11.5 Å². The van der Waals surface area contributed by atoms with Gasteiger partial charge >= 0.3 is 0 Å². The van der Waals surface area contributed by atoms with E-state index in [1.54, 1.807) is 12.1 Å². The van der Waals surface area contributed by atoms with Gasteiger partial charge in [0.1, 0.15) is 11.9 Å². The number of fused-ring (bicyclic) bond motifs is 3. The van der Waals surface area contributed by atoms with Crippen molar-refractivity contribution < 1.29 is 14.6 Å². The summed E-state index contributed by atoms with van der Waals surface area (Å²) in [5, 5.41) is 9.82. The summed E-state index contributed by atoms with van der Waals surface area (Å²) in [7, 11) is 0. The third kappa shape index (κ3) is 1.28. The lowest BCUT2D eigenvalue weighted by molar-refractivity contribution is 0.263. The van der Waals surface area contributed by atoms with Crippen molar-refractivity contribution in [2.75, 3.05) is 6.61 Å². The van der Waals surface area contributed by atoms with Gasteiger partial charge in [-0.05, 0) is 25.5 Å². The Kier molecular flexibility index (Phi) is 2.06. The molecule has 3 nitrogen and oxygen atoms in total. The predicted molar refractivity (Wildman–Crippen MR) is 60.2 cm³/mol. The topological polar surface area (TPSA) is 38.7 Å². The number of aromatic hydroxyl groups is 1. The van der Waals surface area contributed by atoms with Crippen LogP contribution in [-0.4, -0.2) is 17.8 Å². The summed E-state index contributed by atoms with van der Waals surface area (Å²) >= 11 is 0. The molecule has 0 unspecified atom stereocenters. The van der Waals surface area contributed by atoms with Crippen molar-refractivity contribution in [3.05, 3.63) is 29.8 Å². The molecule has 2 atom stereocenters. The third-order valence-electron chi connectivity index (χ3n) is 3.17. The molecular weight excluding hydrogens is 204 g/mol.